The number of likely N-dealkylation sites (tertiary alicyclic amines) is 1. The van der Waals surface area contributed by atoms with E-state index in [0.717, 1.165) is 51.4 Å². The highest BCUT2D eigenvalue weighted by molar-refractivity contribution is 5.74. The van der Waals surface area contributed by atoms with E-state index in [1.165, 1.54) is 37.7 Å². The van der Waals surface area contributed by atoms with Gasteiger partial charge in [0.05, 0.1) is 0 Å². The second-order valence-electron chi connectivity index (χ2n) is 7.73. The van der Waals surface area contributed by atoms with Crippen LogP contribution >= 0.6 is 0 Å². The molecule has 4 nitrogen and oxygen atoms in total. The fourth-order valence-corrected chi connectivity index (χ4v) is 4.18. The molecule has 0 aromatic heterocycles. The lowest BCUT2D eigenvalue weighted by molar-refractivity contribution is 0.186. The molecule has 0 unspecified atom stereocenters. The van der Waals surface area contributed by atoms with Gasteiger partial charge in [-0.15, -0.1) is 0 Å². The molecule has 1 aromatic carbocycles. The molecular weight excluding hydrogens is 310 g/mol. The number of amides is 2. The lowest BCUT2D eigenvalue weighted by Crippen LogP contribution is -2.48. The van der Waals surface area contributed by atoms with Gasteiger partial charge >= 0.3 is 6.03 Å². The van der Waals surface area contributed by atoms with Crippen molar-refractivity contribution in [2.24, 2.45) is 5.92 Å². The highest BCUT2D eigenvalue weighted by Gasteiger charge is 2.20. The smallest absolute Gasteiger partial charge is 0.315 e. The van der Waals surface area contributed by atoms with Crippen molar-refractivity contribution in [1.29, 1.82) is 0 Å². The quantitative estimate of drug-likeness (QED) is 0.822. The molecule has 0 bridgehead atoms. The fourth-order valence-electron chi connectivity index (χ4n) is 4.18. The summed E-state index contributed by atoms with van der Waals surface area (Å²) >= 11 is 0. The molecule has 1 aliphatic carbocycles. The fraction of sp³-hybridized carbons (Fsp3) is 0.667. The van der Waals surface area contributed by atoms with Gasteiger partial charge in [-0.3, -0.25) is 4.90 Å². The van der Waals surface area contributed by atoms with E-state index in [1.807, 2.05) is 0 Å². The van der Waals surface area contributed by atoms with Crippen molar-refractivity contribution in [3.05, 3.63) is 35.9 Å². The SMILES string of the molecule is O=C(NCCC1CCCCC1)NC1CCN(Cc2ccccc2)CC1. The maximum atomic E-state index is 12.1. The summed E-state index contributed by atoms with van der Waals surface area (Å²) in [4.78, 5) is 14.6. The van der Waals surface area contributed by atoms with E-state index in [1.54, 1.807) is 0 Å². The Morgan fingerprint density at radius 1 is 1.00 bits per heavy atom. The van der Waals surface area contributed by atoms with Crippen LogP contribution in [0.3, 0.4) is 0 Å². The van der Waals surface area contributed by atoms with Crippen LogP contribution in [-0.4, -0.2) is 36.6 Å². The Balaban J connectivity index is 1.28. The second-order valence-corrected chi connectivity index (χ2v) is 7.73. The summed E-state index contributed by atoms with van der Waals surface area (Å²) in [7, 11) is 0. The largest absolute Gasteiger partial charge is 0.338 e. The van der Waals surface area contributed by atoms with Crippen molar-refractivity contribution in [3.63, 3.8) is 0 Å². The van der Waals surface area contributed by atoms with Gasteiger partial charge in [-0.2, -0.15) is 0 Å². The second kappa shape index (κ2) is 9.81. The highest BCUT2D eigenvalue weighted by Crippen LogP contribution is 2.25. The first-order valence-electron chi connectivity index (χ1n) is 10.1. The van der Waals surface area contributed by atoms with Crippen molar-refractivity contribution < 1.29 is 4.79 Å². The number of nitrogens with zero attached hydrogens (tertiary/aromatic N) is 1. The van der Waals surface area contributed by atoms with Gasteiger partial charge in [-0.1, -0.05) is 62.4 Å². The zero-order chi connectivity index (χ0) is 17.3. The Hall–Kier alpha value is -1.55. The monoisotopic (exact) mass is 343 g/mol. The average molecular weight is 344 g/mol. The van der Waals surface area contributed by atoms with Crippen LogP contribution in [0.15, 0.2) is 30.3 Å². The summed E-state index contributed by atoms with van der Waals surface area (Å²) in [5, 5.41) is 6.23. The number of urea groups is 1. The molecule has 2 fully saturated rings. The lowest BCUT2D eigenvalue weighted by Gasteiger charge is -2.32. The van der Waals surface area contributed by atoms with Crippen LogP contribution in [0.2, 0.25) is 0 Å². The molecule has 3 rings (SSSR count). The number of carbonyl (C=O) groups is 1. The predicted octanol–water partition coefficient (Wildman–Crippen LogP) is 3.92. The van der Waals surface area contributed by atoms with Crippen LogP contribution in [0.25, 0.3) is 0 Å². The van der Waals surface area contributed by atoms with Crippen LogP contribution in [-0.2, 0) is 6.54 Å². The summed E-state index contributed by atoms with van der Waals surface area (Å²) in [6, 6.07) is 11.0. The Morgan fingerprint density at radius 2 is 1.72 bits per heavy atom. The number of hydrogen-bond acceptors (Lipinski definition) is 2. The van der Waals surface area contributed by atoms with Crippen LogP contribution in [0, 0.1) is 5.92 Å². The van der Waals surface area contributed by atoms with Gasteiger partial charge in [0.25, 0.3) is 0 Å². The summed E-state index contributed by atoms with van der Waals surface area (Å²) in [6.07, 6.45) is 10.1. The summed E-state index contributed by atoms with van der Waals surface area (Å²) in [5.74, 6) is 0.829. The summed E-state index contributed by atoms with van der Waals surface area (Å²) in [6.45, 7) is 3.95. The third-order valence-corrected chi connectivity index (χ3v) is 5.73. The number of piperidine rings is 1. The van der Waals surface area contributed by atoms with E-state index in [4.69, 9.17) is 0 Å². The zero-order valence-electron chi connectivity index (χ0n) is 15.4. The van der Waals surface area contributed by atoms with Gasteiger partial charge in [0.15, 0.2) is 0 Å². The first kappa shape index (κ1) is 18.2. The van der Waals surface area contributed by atoms with Crippen LogP contribution in [0.4, 0.5) is 4.79 Å². The van der Waals surface area contributed by atoms with Crippen LogP contribution in [0.5, 0.6) is 0 Å². The minimum absolute atomic E-state index is 0.0253. The topological polar surface area (TPSA) is 44.4 Å². The van der Waals surface area contributed by atoms with E-state index in [0.29, 0.717) is 6.04 Å². The number of carbonyl (C=O) groups excluding carboxylic acids is 1. The van der Waals surface area contributed by atoms with Crippen molar-refractivity contribution >= 4 is 6.03 Å². The molecule has 4 heteroatoms. The van der Waals surface area contributed by atoms with Crippen molar-refractivity contribution in [3.8, 4) is 0 Å². The average Bonchev–Trinajstić information content (AvgIpc) is 2.65. The molecule has 1 heterocycles. The van der Waals surface area contributed by atoms with E-state index < -0.39 is 0 Å². The Bertz CT molecular complexity index is 505. The zero-order valence-corrected chi connectivity index (χ0v) is 15.4. The number of nitrogens with one attached hydrogen (secondary N) is 2. The van der Waals surface area contributed by atoms with Crippen LogP contribution in [0.1, 0.15) is 56.9 Å². The molecule has 2 aliphatic rings. The van der Waals surface area contributed by atoms with E-state index in [-0.39, 0.29) is 6.03 Å². The molecule has 1 aliphatic heterocycles. The van der Waals surface area contributed by atoms with Crippen molar-refractivity contribution in [1.82, 2.24) is 15.5 Å². The van der Waals surface area contributed by atoms with Gasteiger partial charge < -0.3 is 10.6 Å². The Kier molecular flexibility index (Phi) is 7.16. The Morgan fingerprint density at radius 3 is 2.44 bits per heavy atom. The Labute approximate surface area is 152 Å². The maximum absolute atomic E-state index is 12.1. The summed E-state index contributed by atoms with van der Waals surface area (Å²) in [5.41, 5.74) is 1.37. The molecular formula is C21H33N3O. The number of benzene rings is 1. The molecule has 2 N–H and O–H groups in total. The van der Waals surface area contributed by atoms with Crippen molar-refractivity contribution in [2.75, 3.05) is 19.6 Å². The van der Waals surface area contributed by atoms with Crippen molar-refractivity contribution in [2.45, 2.75) is 64.0 Å². The standard InChI is InChI=1S/C21H33N3O/c25-21(22-14-11-18-7-3-1-4-8-18)23-20-12-15-24(16-13-20)17-19-9-5-2-6-10-19/h2,5-6,9-10,18,20H,1,3-4,7-8,11-17H2,(H2,22,23,25). The third-order valence-electron chi connectivity index (χ3n) is 5.73. The predicted molar refractivity (Wildman–Crippen MR) is 102 cm³/mol. The molecule has 138 valence electrons. The van der Waals surface area contributed by atoms with Gasteiger partial charge in [-0.05, 0) is 30.7 Å². The van der Waals surface area contributed by atoms with Gasteiger partial charge in [0, 0.05) is 32.2 Å². The molecule has 2 amide bonds. The number of hydrogen-bond donors (Lipinski definition) is 2. The molecule has 1 aromatic rings. The molecule has 0 radical (unpaired) electrons. The first-order valence-corrected chi connectivity index (χ1v) is 10.1. The van der Waals surface area contributed by atoms with Gasteiger partial charge in [0.1, 0.15) is 0 Å². The van der Waals surface area contributed by atoms with E-state index in [9.17, 15) is 4.79 Å². The van der Waals surface area contributed by atoms with E-state index >= 15 is 0 Å². The molecule has 25 heavy (non-hydrogen) atoms. The third kappa shape index (κ3) is 6.35. The first-order chi connectivity index (χ1) is 12.3. The normalized spacial score (nSPS) is 20.3. The molecule has 0 atom stereocenters. The summed E-state index contributed by atoms with van der Waals surface area (Å²) < 4.78 is 0. The highest BCUT2D eigenvalue weighted by atomic mass is 16.2. The minimum atomic E-state index is 0.0253. The lowest BCUT2D eigenvalue weighted by atomic mass is 9.87. The molecule has 0 spiro atoms. The van der Waals surface area contributed by atoms with Gasteiger partial charge in [0.2, 0.25) is 0 Å². The van der Waals surface area contributed by atoms with Gasteiger partial charge in [-0.25, -0.2) is 4.79 Å². The number of rotatable bonds is 6. The molecule has 1 saturated carbocycles. The van der Waals surface area contributed by atoms with Crippen LogP contribution < -0.4 is 10.6 Å². The van der Waals surface area contributed by atoms with E-state index in [2.05, 4.69) is 45.9 Å². The molecule has 1 saturated heterocycles. The maximum Gasteiger partial charge on any atom is 0.315 e. The minimum Gasteiger partial charge on any atom is -0.338 e.